The number of hydrogen-bond acceptors (Lipinski definition) is 6. The number of benzene rings is 1. The van der Waals surface area contributed by atoms with Gasteiger partial charge in [-0.05, 0) is 36.8 Å². The number of aromatic nitrogens is 3. The van der Waals surface area contributed by atoms with Gasteiger partial charge in [-0.2, -0.15) is 5.10 Å². The number of hydrogen-bond donors (Lipinski definition) is 1. The first-order valence-corrected chi connectivity index (χ1v) is 8.37. The van der Waals surface area contributed by atoms with Gasteiger partial charge < -0.3 is 4.74 Å². The van der Waals surface area contributed by atoms with Gasteiger partial charge in [-0.25, -0.2) is 9.67 Å². The summed E-state index contributed by atoms with van der Waals surface area (Å²) in [7, 11) is 1.33. The van der Waals surface area contributed by atoms with Crippen LogP contribution < -0.4 is 5.32 Å². The Morgan fingerprint density at radius 1 is 1.28 bits per heavy atom. The van der Waals surface area contributed by atoms with Crippen molar-refractivity contribution in [3.8, 4) is 5.69 Å². The molecule has 0 atom stereocenters. The highest BCUT2D eigenvalue weighted by Crippen LogP contribution is 2.18. The summed E-state index contributed by atoms with van der Waals surface area (Å²) >= 11 is 1.26. The van der Waals surface area contributed by atoms with Crippen LogP contribution >= 0.6 is 11.3 Å². The number of thiazole rings is 1. The summed E-state index contributed by atoms with van der Waals surface area (Å²) in [5, 5.41) is 9.12. The summed E-state index contributed by atoms with van der Waals surface area (Å²) < 4.78 is 6.34. The molecule has 7 nitrogen and oxygen atoms in total. The van der Waals surface area contributed by atoms with Crippen LogP contribution in [0.3, 0.4) is 0 Å². The van der Waals surface area contributed by atoms with E-state index in [-0.39, 0.29) is 18.3 Å². The predicted molar refractivity (Wildman–Crippen MR) is 94.1 cm³/mol. The fraction of sp³-hybridized carbons (Fsp3) is 0.176. The van der Waals surface area contributed by atoms with E-state index >= 15 is 0 Å². The van der Waals surface area contributed by atoms with E-state index in [1.165, 1.54) is 18.4 Å². The minimum absolute atomic E-state index is 0.0842. The van der Waals surface area contributed by atoms with E-state index in [4.69, 9.17) is 0 Å². The van der Waals surface area contributed by atoms with Gasteiger partial charge in [-0.3, -0.25) is 14.9 Å². The van der Waals surface area contributed by atoms with E-state index in [2.05, 4.69) is 20.1 Å². The lowest BCUT2D eigenvalue weighted by Gasteiger charge is -2.04. The largest absolute Gasteiger partial charge is 0.469 e. The Balaban J connectivity index is 1.66. The number of carbonyl (C=O) groups excluding carboxylic acids is 2. The van der Waals surface area contributed by atoms with Gasteiger partial charge in [0.25, 0.3) is 5.91 Å². The normalized spacial score (nSPS) is 10.5. The molecular formula is C17H16N4O3S. The molecule has 1 aromatic carbocycles. The second-order valence-electron chi connectivity index (χ2n) is 5.36. The Morgan fingerprint density at radius 2 is 2.04 bits per heavy atom. The van der Waals surface area contributed by atoms with Crippen molar-refractivity contribution >= 4 is 28.3 Å². The predicted octanol–water partition coefficient (Wildman–Crippen LogP) is 2.61. The topological polar surface area (TPSA) is 86.1 Å². The first-order valence-electron chi connectivity index (χ1n) is 7.49. The number of anilines is 1. The van der Waals surface area contributed by atoms with Crippen LogP contribution in [0.1, 0.15) is 21.6 Å². The summed E-state index contributed by atoms with van der Waals surface area (Å²) in [6.45, 7) is 1.97. The molecule has 1 amide bonds. The van der Waals surface area contributed by atoms with Crippen LogP contribution in [0, 0.1) is 6.92 Å². The third-order valence-corrected chi connectivity index (χ3v) is 4.24. The molecule has 0 fully saturated rings. The number of esters is 1. The monoisotopic (exact) mass is 356 g/mol. The van der Waals surface area contributed by atoms with Gasteiger partial charge in [0.15, 0.2) is 5.13 Å². The Kier molecular flexibility index (Phi) is 4.90. The van der Waals surface area contributed by atoms with Crippen molar-refractivity contribution in [1.82, 2.24) is 14.8 Å². The van der Waals surface area contributed by atoms with Gasteiger partial charge >= 0.3 is 5.97 Å². The van der Waals surface area contributed by atoms with Crippen molar-refractivity contribution < 1.29 is 14.3 Å². The van der Waals surface area contributed by atoms with Crippen LogP contribution in [0.5, 0.6) is 0 Å². The van der Waals surface area contributed by atoms with Gasteiger partial charge in [-0.15, -0.1) is 11.3 Å². The highest BCUT2D eigenvalue weighted by molar-refractivity contribution is 7.14. The molecule has 0 radical (unpaired) electrons. The molecule has 0 aliphatic rings. The molecule has 0 bridgehead atoms. The van der Waals surface area contributed by atoms with Crippen molar-refractivity contribution in [2.24, 2.45) is 0 Å². The van der Waals surface area contributed by atoms with Crippen molar-refractivity contribution in [1.29, 1.82) is 0 Å². The number of nitrogens with one attached hydrogen (secondary N) is 1. The number of methoxy groups -OCH3 is 1. The average Bonchev–Trinajstić information content (AvgIpc) is 3.24. The first-order chi connectivity index (χ1) is 12.0. The Morgan fingerprint density at radius 3 is 2.68 bits per heavy atom. The van der Waals surface area contributed by atoms with Crippen LogP contribution in [0.4, 0.5) is 5.13 Å². The Hall–Kier alpha value is -3.00. The first kappa shape index (κ1) is 16.8. The lowest BCUT2D eigenvalue weighted by molar-refractivity contribution is -0.139. The quantitative estimate of drug-likeness (QED) is 0.710. The molecule has 128 valence electrons. The molecule has 0 aliphatic carbocycles. The summed E-state index contributed by atoms with van der Waals surface area (Å²) in [6.07, 6.45) is 3.77. The smallest absolute Gasteiger partial charge is 0.311 e. The highest BCUT2D eigenvalue weighted by atomic mass is 32.1. The Labute approximate surface area is 148 Å². The highest BCUT2D eigenvalue weighted by Gasteiger charge is 2.11. The molecule has 0 aliphatic heterocycles. The van der Waals surface area contributed by atoms with Crippen LogP contribution in [0.15, 0.2) is 42.0 Å². The lowest BCUT2D eigenvalue weighted by atomic mass is 10.2. The molecule has 1 N–H and O–H groups in total. The number of aryl methyl sites for hydroxylation is 1. The number of nitrogens with zero attached hydrogens (tertiary/aromatic N) is 3. The number of carbonyl (C=O) groups is 2. The van der Waals surface area contributed by atoms with Crippen molar-refractivity contribution in [3.63, 3.8) is 0 Å². The van der Waals surface area contributed by atoms with E-state index in [9.17, 15) is 9.59 Å². The molecule has 2 aromatic heterocycles. The van der Waals surface area contributed by atoms with Gasteiger partial charge in [0.05, 0.1) is 31.1 Å². The van der Waals surface area contributed by atoms with E-state index in [1.807, 2.05) is 25.3 Å². The number of rotatable bonds is 5. The summed E-state index contributed by atoms with van der Waals surface area (Å²) in [5.41, 5.74) is 3.02. The van der Waals surface area contributed by atoms with Crippen molar-refractivity contribution in [2.45, 2.75) is 13.3 Å². The number of ether oxygens (including phenoxy) is 1. The van der Waals surface area contributed by atoms with E-state index in [0.29, 0.717) is 16.4 Å². The zero-order valence-corrected chi connectivity index (χ0v) is 14.5. The third kappa shape index (κ3) is 4.10. The molecule has 3 aromatic rings. The van der Waals surface area contributed by atoms with Crippen molar-refractivity contribution in [2.75, 3.05) is 12.4 Å². The summed E-state index contributed by atoms with van der Waals surface area (Å²) in [6, 6.07) is 7.10. The van der Waals surface area contributed by atoms with Gasteiger partial charge in [0, 0.05) is 17.1 Å². The average molecular weight is 356 g/mol. The lowest BCUT2D eigenvalue weighted by Crippen LogP contribution is -2.12. The Bertz CT molecular complexity index is 899. The third-order valence-electron chi connectivity index (χ3n) is 3.43. The maximum Gasteiger partial charge on any atom is 0.311 e. The van der Waals surface area contributed by atoms with Crippen LogP contribution in [0.25, 0.3) is 5.69 Å². The zero-order chi connectivity index (χ0) is 17.8. The van der Waals surface area contributed by atoms with E-state index in [0.717, 1.165) is 11.3 Å². The van der Waals surface area contributed by atoms with E-state index < -0.39 is 0 Å². The second-order valence-corrected chi connectivity index (χ2v) is 6.22. The molecular weight excluding hydrogens is 340 g/mol. The van der Waals surface area contributed by atoms with Gasteiger partial charge in [-0.1, -0.05) is 0 Å². The van der Waals surface area contributed by atoms with Crippen molar-refractivity contribution in [3.05, 3.63) is 58.9 Å². The summed E-state index contributed by atoms with van der Waals surface area (Å²) in [5.74, 6) is -0.630. The van der Waals surface area contributed by atoms with Crippen LogP contribution in [-0.2, 0) is 16.0 Å². The van der Waals surface area contributed by atoms with Crippen LogP contribution in [0.2, 0.25) is 0 Å². The van der Waals surface area contributed by atoms with Gasteiger partial charge in [0.2, 0.25) is 0 Å². The molecule has 0 saturated carbocycles. The molecule has 25 heavy (non-hydrogen) atoms. The number of amides is 1. The van der Waals surface area contributed by atoms with E-state index in [1.54, 1.807) is 28.4 Å². The molecule has 0 spiro atoms. The maximum atomic E-state index is 12.3. The molecule has 3 rings (SSSR count). The maximum absolute atomic E-state index is 12.3. The van der Waals surface area contributed by atoms with Crippen LogP contribution in [-0.4, -0.2) is 33.8 Å². The molecule has 0 unspecified atom stereocenters. The molecule has 8 heteroatoms. The fourth-order valence-electron chi connectivity index (χ4n) is 2.15. The summed E-state index contributed by atoms with van der Waals surface area (Å²) in [4.78, 5) is 27.7. The fourth-order valence-corrected chi connectivity index (χ4v) is 2.86. The minimum atomic E-state index is -0.368. The minimum Gasteiger partial charge on any atom is -0.469 e. The second kappa shape index (κ2) is 7.27. The zero-order valence-electron chi connectivity index (χ0n) is 13.7. The molecule has 0 saturated heterocycles. The molecule has 2 heterocycles. The standard InChI is InChI=1S/C17H16N4O3S/c1-11-8-18-21(9-11)14-5-3-12(4-6-14)16(23)20-17-19-13(10-25-17)7-15(22)24-2/h3-6,8-10H,7H2,1-2H3,(H,19,20,23). The van der Waals surface area contributed by atoms with Gasteiger partial charge in [0.1, 0.15) is 0 Å². The SMILES string of the molecule is COC(=O)Cc1csc(NC(=O)c2ccc(-n3cc(C)cn3)cc2)n1.